The highest BCUT2D eigenvalue weighted by atomic mass is 35.5. The maximum Gasteiger partial charge on any atom is 0.416 e. The van der Waals surface area contributed by atoms with E-state index in [1.807, 2.05) is 0 Å². The molecule has 0 spiro atoms. The minimum atomic E-state index is -4.40. The molecule has 0 saturated carbocycles. The van der Waals surface area contributed by atoms with Crippen molar-refractivity contribution < 1.29 is 23.0 Å². The molecule has 114 valence electrons. The van der Waals surface area contributed by atoms with Crippen molar-refractivity contribution in [1.29, 1.82) is 0 Å². The normalized spacial score (nSPS) is 13.8. The van der Waals surface area contributed by atoms with Gasteiger partial charge in [-0.3, -0.25) is 4.90 Å². The molecule has 0 heterocycles. The number of nitrogens with zero attached hydrogens (tertiary/aromatic N) is 1. The van der Waals surface area contributed by atoms with Gasteiger partial charge in [-0.25, -0.2) is 0 Å². The van der Waals surface area contributed by atoms with E-state index in [0.29, 0.717) is 5.56 Å². The molecule has 0 fully saturated rings. The van der Waals surface area contributed by atoms with Crippen LogP contribution in [0.1, 0.15) is 11.1 Å². The number of hydrogen-bond donors (Lipinski definition) is 1. The third-order valence-electron chi connectivity index (χ3n) is 2.69. The third-order valence-corrected chi connectivity index (χ3v) is 3.06. The molecular formula is C13H17ClF3NO2. The highest BCUT2D eigenvalue weighted by Gasteiger charge is 2.31. The number of ether oxygens (including phenoxy) is 1. The Morgan fingerprint density at radius 1 is 1.40 bits per heavy atom. The lowest BCUT2D eigenvalue weighted by Gasteiger charge is -2.21. The van der Waals surface area contributed by atoms with Crippen LogP contribution < -0.4 is 0 Å². The van der Waals surface area contributed by atoms with Crippen LogP contribution in [0.5, 0.6) is 0 Å². The molecule has 3 nitrogen and oxygen atoms in total. The molecule has 1 rings (SSSR count). The van der Waals surface area contributed by atoms with Crippen molar-refractivity contribution in [3.63, 3.8) is 0 Å². The van der Waals surface area contributed by atoms with Crippen molar-refractivity contribution in [2.24, 2.45) is 0 Å². The van der Waals surface area contributed by atoms with E-state index >= 15 is 0 Å². The molecular weight excluding hydrogens is 295 g/mol. The van der Waals surface area contributed by atoms with Crippen molar-refractivity contribution >= 4 is 11.6 Å². The minimum Gasteiger partial charge on any atom is -0.389 e. The number of rotatable bonds is 6. The van der Waals surface area contributed by atoms with Crippen LogP contribution in [0.3, 0.4) is 0 Å². The lowest BCUT2D eigenvalue weighted by Crippen LogP contribution is -2.31. The standard InChI is InChI=1S/C13H17ClF3NO2/c1-18(7-11(19)8-20-2)6-9-5-10(13(15,16)17)3-4-12(9)14/h3-5,11,19H,6-8H2,1-2H3. The first-order chi connectivity index (χ1) is 9.24. The Hall–Kier alpha value is -0.820. The predicted octanol–water partition coefficient (Wildman–Crippen LogP) is 2.80. The van der Waals surface area contributed by atoms with Gasteiger partial charge >= 0.3 is 6.18 Å². The summed E-state index contributed by atoms with van der Waals surface area (Å²) in [4.78, 5) is 1.69. The van der Waals surface area contributed by atoms with Crippen LogP contribution >= 0.6 is 11.6 Å². The van der Waals surface area contributed by atoms with Gasteiger partial charge in [-0.15, -0.1) is 0 Å². The van der Waals surface area contributed by atoms with E-state index in [1.54, 1.807) is 11.9 Å². The second-order valence-corrected chi connectivity index (χ2v) is 5.02. The maximum absolute atomic E-state index is 12.6. The minimum absolute atomic E-state index is 0.167. The summed E-state index contributed by atoms with van der Waals surface area (Å²) in [5.41, 5.74) is -0.364. The van der Waals surface area contributed by atoms with Gasteiger partial charge in [0.1, 0.15) is 0 Å². The largest absolute Gasteiger partial charge is 0.416 e. The smallest absolute Gasteiger partial charge is 0.389 e. The van der Waals surface area contributed by atoms with Crippen LogP contribution in [-0.2, 0) is 17.5 Å². The van der Waals surface area contributed by atoms with Gasteiger partial charge in [0.25, 0.3) is 0 Å². The fourth-order valence-corrected chi connectivity index (χ4v) is 2.01. The Labute approximate surface area is 120 Å². The van der Waals surface area contributed by atoms with Gasteiger partial charge in [0.05, 0.1) is 18.3 Å². The second-order valence-electron chi connectivity index (χ2n) is 4.61. The molecule has 0 aliphatic carbocycles. The predicted molar refractivity (Wildman–Crippen MR) is 70.7 cm³/mol. The van der Waals surface area contributed by atoms with Crippen molar-refractivity contribution in [1.82, 2.24) is 4.90 Å². The number of hydrogen-bond acceptors (Lipinski definition) is 3. The lowest BCUT2D eigenvalue weighted by atomic mass is 10.1. The van der Waals surface area contributed by atoms with Crippen LogP contribution in [0, 0.1) is 0 Å². The van der Waals surface area contributed by atoms with Crippen LogP contribution in [-0.4, -0.2) is 43.4 Å². The topological polar surface area (TPSA) is 32.7 Å². The van der Waals surface area contributed by atoms with Crippen molar-refractivity contribution in [3.8, 4) is 0 Å². The van der Waals surface area contributed by atoms with Crippen LogP contribution in [0.4, 0.5) is 13.2 Å². The van der Waals surface area contributed by atoms with Crippen LogP contribution in [0.25, 0.3) is 0 Å². The first-order valence-electron chi connectivity index (χ1n) is 5.95. The quantitative estimate of drug-likeness (QED) is 0.877. The average molecular weight is 312 g/mol. The number of likely N-dealkylation sites (N-methyl/N-ethyl adjacent to an activating group) is 1. The van der Waals surface area contributed by atoms with Gasteiger partial charge in [-0.2, -0.15) is 13.2 Å². The first-order valence-corrected chi connectivity index (χ1v) is 6.33. The van der Waals surface area contributed by atoms with Gasteiger partial charge in [0.2, 0.25) is 0 Å². The fraction of sp³-hybridized carbons (Fsp3) is 0.538. The molecule has 0 aromatic heterocycles. The summed E-state index contributed by atoms with van der Waals surface area (Å²) in [7, 11) is 3.16. The summed E-state index contributed by atoms with van der Waals surface area (Å²) < 4.78 is 42.7. The number of alkyl halides is 3. The fourth-order valence-electron chi connectivity index (χ4n) is 1.83. The Kier molecular flexibility index (Phi) is 6.26. The van der Waals surface area contributed by atoms with E-state index < -0.39 is 17.8 Å². The van der Waals surface area contributed by atoms with Crippen LogP contribution in [0.15, 0.2) is 18.2 Å². The summed E-state index contributed by atoms with van der Waals surface area (Å²) in [5.74, 6) is 0. The number of aliphatic hydroxyl groups excluding tert-OH is 1. The number of aliphatic hydroxyl groups is 1. The first kappa shape index (κ1) is 17.2. The molecule has 0 amide bonds. The molecule has 1 aromatic carbocycles. The van der Waals surface area contributed by atoms with Gasteiger partial charge in [-0.05, 0) is 30.8 Å². The van der Waals surface area contributed by atoms with Crippen LogP contribution in [0.2, 0.25) is 5.02 Å². The van der Waals surface area contributed by atoms with Crippen molar-refractivity contribution in [2.75, 3.05) is 27.3 Å². The molecule has 1 unspecified atom stereocenters. The monoisotopic (exact) mass is 311 g/mol. The summed E-state index contributed by atoms with van der Waals surface area (Å²) in [6.07, 6.45) is -5.09. The average Bonchev–Trinajstić information content (AvgIpc) is 2.30. The molecule has 0 aliphatic heterocycles. The molecule has 1 aromatic rings. The molecule has 0 bridgehead atoms. The Morgan fingerprint density at radius 2 is 2.05 bits per heavy atom. The summed E-state index contributed by atoms with van der Waals surface area (Å²) >= 11 is 5.91. The molecule has 0 aliphatic rings. The molecule has 1 atom stereocenters. The molecule has 0 radical (unpaired) electrons. The maximum atomic E-state index is 12.6. The van der Waals surface area contributed by atoms with Gasteiger partial charge in [-0.1, -0.05) is 11.6 Å². The van der Waals surface area contributed by atoms with E-state index in [1.165, 1.54) is 13.2 Å². The van der Waals surface area contributed by atoms with Crippen molar-refractivity contribution in [2.45, 2.75) is 18.8 Å². The van der Waals surface area contributed by atoms with E-state index in [0.717, 1.165) is 12.1 Å². The number of benzene rings is 1. The van der Waals surface area contributed by atoms with Gasteiger partial charge < -0.3 is 9.84 Å². The lowest BCUT2D eigenvalue weighted by molar-refractivity contribution is -0.137. The summed E-state index contributed by atoms with van der Waals surface area (Å²) in [5, 5.41) is 9.84. The van der Waals surface area contributed by atoms with E-state index in [4.69, 9.17) is 16.3 Å². The third kappa shape index (κ3) is 5.28. The SMILES string of the molecule is COCC(O)CN(C)Cc1cc(C(F)(F)F)ccc1Cl. The van der Waals surface area contributed by atoms with E-state index in [9.17, 15) is 18.3 Å². The zero-order valence-electron chi connectivity index (χ0n) is 11.2. The highest BCUT2D eigenvalue weighted by molar-refractivity contribution is 6.31. The number of halogens is 4. The van der Waals surface area contributed by atoms with Gasteiger partial charge in [0, 0.05) is 25.2 Å². The molecule has 1 N–H and O–H groups in total. The summed E-state index contributed by atoms with van der Waals surface area (Å²) in [6, 6.07) is 3.21. The summed E-state index contributed by atoms with van der Waals surface area (Å²) in [6.45, 7) is 0.657. The Balaban J connectivity index is 2.76. The van der Waals surface area contributed by atoms with Gasteiger partial charge in [0.15, 0.2) is 0 Å². The molecule has 20 heavy (non-hydrogen) atoms. The second kappa shape index (κ2) is 7.26. The molecule has 7 heteroatoms. The zero-order chi connectivity index (χ0) is 15.3. The Morgan fingerprint density at radius 3 is 2.60 bits per heavy atom. The Bertz CT molecular complexity index is 440. The number of methoxy groups -OCH3 is 1. The molecule has 0 saturated heterocycles. The zero-order valence-corrected chi connectivity index (χ0v) is 12.0. The van der Waals surface area contributed by atoms with E-state index in [2.05, 4.69) is 0 Å². The van der Waals surface area contributed by atoms with E-state index in [-0.39, 0.29) is 24.7 Å². The van der Waals surface area contributed by atoms with Crippen molar-refractivity contribution in [3.05, 3.63) is 34.3 Å². The highest BCUT2D eigenvalue weighted by Crippen LogP contribution is 2.32.